The Balaban J connectivity index is 2.24. The van der Waals surface area contributed by atoms with Crippen LogP contribution in [0.15, 0.2) is 42.5 Å². The molecule has 2 aromatic carbocycles. The SMILES string of the molecule is CC(C)Nc1ccccc1C(=O)Nc1cc(F)cc(F)c1. The molecule has 0 saturated heterocycles. The number of carbonyl (C=O) groups excluding carboxylic acids is 1. The average molecular weight is 290 g/mol. The van der Waals surface area contributed by atoms with E-state index in [1.54, 1.807) is 18.2 Å². The summed E-state index contributed by atoms with van der Waals surface area (Å²) in [5, 5.41) is 5.65. The van der Waals surface area contributed by atoms with Crippen LogP contribution in [-0.4, -0.2) is 11.9 Å². The second kappa shape index (κ2) is 6.35. The predicted molar refractivity (Wildman–Crippen MR) is 79.5 cm³/mol. The fourth-order valence-electron chi connectivity index (χ4n) is 1.94. The number of nitrogens with one attached hydrogen (secondary N) is 2. The molecule has 0 fully saturated rings. The largest absolute Gasteiger partial charge is 0.382 e. The second-order valence-corrected chi connectivity index (χ2v) is 4.96. The first kappa shape index (κ1) is 15.0. The molecule has 0 saturated carbocycles. The number of rotatable bonds is 4. The third-order valence-electron chi connectivity index (χ3n) is 2.74. The van der Waals surface area contributed by atoms with Gasteiger partial charge in [0, 0.05) is 23.5 Å². The quantitative estimate of drug-likeness (QED) is 0.892. The Bertz CT molecular complexity index is 636. The van der Waals surface area contributed by atoms with E-state index in [-0.39, 0.29) is 11.7 Å². The molecule has 0 aliphatic heterocycles. The van der Waals surface area contributed by atoms with Crippen LogP contribution in [0.5, 0.6) is 0 Å². The Hall–Kier alpha value is -2.43. The van der Waals surface area contributed by atoms with Crippen molar-refractivity contribution >= 4 is 17.3 Å². The topological polar surface area (TPSA) is 41.1 Å². The summed E-state index contributed by atoms with van der Waals surface area (Å²) in [6, 6.07) is 10.0. The van der Waals surface area contributed by atoms with Gasteiger partial charge in [0.2, 0.25) is 0 Å². The standard InChI is InChI=1S/C16H16F2N2O/c1-10(2)19-15-6-4-3-5-14(15)16(21)20-13-8-11(17)7-12(18)9-13/h3-10,19H,1-2H3,(H,20,21). The molecule has 1 amide bonds. The molecule has 0 aromatic heterocycles. The van der Waals surface area contributed by atoms with E-state index in [1.807, 2.05) is 19.9 Å². The molecule has 21 heavy (non-hydrogen) atoms. The van der Waals surface area contributed by atoms with E-state index >= 15 is 0 Å². The van der Waals surface area contributed by atoms with E-state index in [0.717, 1.165) is 18.2 Å². The first-order valence-corrected chi connectivity index (χ1v) is 6.58. The van der Waals surface area contributed by atoms with Crippen molar-refractivity contribution in [3.8, 4) is 0 Å². The molecular weight excluding hydrogens is 274 g/mol. The summed E-state index contributed by atoms with van der Waals surface area (Å²) in [4.78, 5) is 12.2. The smallest absolute Gasteiger partial charge is 0.257 e. The molecule has 0 aliphatic carbocycles. The van der Waals surface area contributed by atoms with Crippen molar-refractivity contribution in [3.63, 3.8) is 0 Å². The van der Waals surface area contributed by atoms with Crippen LogP contribution in [0.1, 0.15) is 24.2 Å². The fraction of sp³-hybridized carbons (Fsp3) is 0.188. The monoisotopic (exact) mass is 290 g/mol. The predicted octanol–water partition coefficient (Wildman–Crippen LogP) is 4.04. The van der Waals surface area contributed by atoms with Crippen LogP contribution in [0.2, 0.25) is 0 Å². The first-order valence-electron chi connectivity index (χ1n) is 6.58. The van der Waals surface area contributed by atoms with Gasteiger partial charge in [-0.2, -0.15) is 0 Å². The number of hydrogen-bond acceptors (Lipinski definition) is 2. The van der Waals surface area contributed by atoms with Crippen molar-refractivity contribution in [1.29, 1.82) is 0 Å². The average Bonchev–Trinajstić information content (AvgIpc) is 2.37. The molecule has 5 heteroatoms. The third-order valence-corrected chi connectivity index (χ3v) is 2.74. The molecule has 0 bridgehead atoms. The molecule has 0 unspecified atom stereocenters. The fourth-order valence-corrected chi connectivity index (χ4v) is 1.94. The number of halogens is 2. The molecular formula is C16H16F2N2O. The summed E-state index contributed by atoms with van der Waals surface area (Å²) < 4.78 is 26.3. The van der Waals surface area contributed by atoms with Crippen LogP contribution < -0.4 is 10.6 Å². The van der Waals surface area contributed by atoms with E-state index in [9.17, 15) is 13.6 Å². The molecule has 0 spiro atoms. The molecule has 3 nitrogen and oxygen atoms in total. The minimum Gasteiger partial charge on any atom is -0.382 e. The molecule has 2 aromatic rings. The van der Waals surface area contributed by atoms with Crippen LogP contribution in [0.4, 0.5) is 20.2 Å². The Labute approximate surface area is 122 Å². The Morgan fingerprint density at radius 3 is 2.29 bits per heavy atom. The van der Waals surface area contributed by atoms with Gasteiger partial charge in [-0.3, -0.25) is 4.79 Å². The maximum atomic E-state index is 13.1. The highest BCUT2D eigenvalue weighted by atomic mass is 19.1. The Morgan fingerprint density at radius 2 is 1.67 bits per heavy atom. The Kier molecular flexibility index (Phi) is 4.52. The lowest BCUT2D eigenvalue weighted by Gasteiger charge is -2.14. The molecule has 110 valence electrons. The lowest BCUT2D eigenvalue weighted by molar-refractivity contribution is 0.102. The van der Waals surface area contributed by atoms with Crippen molar-refractivity contribution in [2.45, 2.75) is 19.9 Å². The van der Waals surface area contributed by atoms with Gasteiger partial charge in [-0.25, -0.2) is 8.78 Å². The van der Waals surface area contributed by atoms with Gasteiger partial charge in [-0.1, -0.05) is 12.1 Å². The van der Waals surface area contributed by atoms with E-state index in [2.05, 4.69) is 10.6 Å². The van der Waals surface area contributed by atoms with Crippen LogP contribution in [0, 0.1) is 11.6 Å². The van der Waals surface area contributed by atoms with Gasteiger partial charge in [0.1, 0.15) is 11.6 Å². The zero-order valence-corrected chi connectivity index (χ0v) is 11.8. The van der Waals surface area contributed by atoms with Gasteiger partial charge >= 0.3 is 0 Å². The maximum Gasteiger partial charge on any atom is 0.257 e. The molecule has 0 aliphatic rings. The normalized spacial score (nSPS) is 10.5. The number of amides is 1. The highest BCUT2D eigenvalue weighted by Crippen LogP contribution is 2.19. The number of benzene rings is 2. The van der Waals surface area contributed by atoms with Crippen molar-refractivity contribution < 1.29 is 13.6 Å². The van der Waals surface area contributed by atoms with Gasteiger partial charge in [0.15, 0.2) is 0 Å². The van der Waals surface area contributed by atoms with Gasteiger partial charge in [0.25, 0.3) is 5.91 Å². The van der Waals surface area contributed by atoms with E-state index in [4.69, 9.17) is 0 Å². The minimum atomic E-state index is -0.737. The number of para-hydroxylation sites is 1. The zero-order chi connectivity index (χ0) is 15.4. The third kappa shape index (κ3) is 4.02. The molecule has 0 heterocycles. The zero-order valence-electron chi connectivity index (χ0n) is 11.8. The highest BCUT2D eigenvalue weighted by molar-refractivity contribution is 6.08. The van der Waals surface area contributed by atoms with E-state index in [0.29, 0.717) is 11.3 Å². The summed E-state index contributed by atoms with van der Waals surface area (Å²) >= 11 is 0. The molecule has 0 atom stereocenters. The number of anilines is 2. The van der Waals surface area contributed by atoms with Crippen LogP contribution in [-0.2, 0) is 0 Å². The lowest BCUT2D eigenvalue weighted by atomic mass is 10.1. The van der Waals surface area contributed by atoms with Crippen molar-refractivity contribution in [3.05, 3.63) is 59.7 Å². The summed E-state index contributed by atoms with van der Waals surface area (Å²) in [6.45, 7) is 3.91. The van der Waals surface area contributed by atoms with Crippen LogP contribution in [0.3, 0.4) is 0 Å². The summed E-state index contributed by atoms with van der Waals surface area (Å²) in [5.74, 6) is -1.90. The number of carbonyl (C=O) groups is 1. The summed E-state index contributed by atoms with van der Waals surface area (Å²) in [5.41, 5.74) is 1.16. The summed E-state index contributed by atoms with van der Waals surface area (Å²) in [7, 11) is 0. The molecule has 0 radical (unpaired) electrons. The van der Waals surface area contributed by atoms with Gasteiger partial charge in [-0.05, 0) is 38.1 Å². The second-order valence-electron chi connectivity index (χ2n) is 4.96. The Morgan fingerprint density at radius 1 is 1.05 bits per heavy atom. The van der Waals surface area contributed by atoms with Crippen molar-refractivity contribution in [2.24, 2.45) is 0 Å². The molecule has 2 N–H and O–H groups in total. The lowest BCUT2D eigenvalue weighted by Crippen LogP contribution is -2.17. The van der Waals surface area contributed by atoms with Crippen LogP contribution in [0.25, 0.3) is 0 Å². The van der Waals surface area contributed by atoms with Crippen molar-refractivity contribution in [1.82, 2.24) is 0 Å². The first-order chi connectivity index (χ1) is 9.95. The molecule has 2 rings (SSSR count). The number of hydrogen-bond donors (Lipinski definition) is 2. The highest BCUT2D eigenvalue weighted by Gasteiger charge is 2.12. The van der Waals surface area contributed by atoms with E-state index < -0.39 is 17.5 Å². The summed E-state index contributed by atoms with van der Waals surface area (Å²) in [6.07, 6.45) is 0. The van der Waals surface area contributed by atoms with Crippen LogP contribution >= 0.6 is 0 Å². The maximum absolute atomic E-state index is 13.1. The van der Waals surface area contributed by atoms with Gasteiger partial charge in [0.05, 0.1) is 5.56 Å². The minimum absolute atomic E-state index is 0.0804. The van der Waals surface area contributed by atoms with Gasteiger partial charge < -0.3 is 10.6 Å². The van der Waals surface area contributed by atoms with Gasteiger partial charge in [-0.15, -0.1) is 0 Å². The van der Waals surface area contributed by atoms with E-state index in [1.165, 1.54) is 0 Å². The van der Waals surface area contributed by atoms with Crippen molar-refractivity contribution in [2.75, 3.05) is 10.6 Å².